The van der Waals surface area contributed by atoms with E-state index in [9.17, 15) is 8.42 Å². The number of benzene rings is 1. The Bertz CT molecular complexity index is 624. The van der Waals surface area contributed by atoms with E-state index in [2.05, 4.69) is 9.88 Å². The van der Waals surface area contributed by atoms with E-state index >= 15 is 0 Å². The van der Waals surface area contributed by atoms with E-state index in [1.165, 1.54) is 0 Å². The van der Waals surface area contributed by atoms with Crippen LogP contribution in [0.15, 0.2) is 41.2 Å². The lowest BCUT2D eigenvalue weighted by atomic mass is 10.2. The molecule has 0 saturated carbocycles. The fourth-order valence-electron chi connectivity index (χ4n) is 1.72. The Balaban J connectivity index is 1.77. The summed E-state index contributed by atoms with van der Waals surface area (Å²) in [6.45, 7) is 0.390. The Labute approximate surface area is 123 Å². The van der Waals surface area contributed by atoms with Crippen LogP contribution in [-0.2, 0) is 22.2 Å². The molecule has 0 radical (unpaired) electrons. The number of aryl methyl sites for hydroxylation is 1. The molecule has 1 heterocycles. The molecule has 0 saturated heterocycles. The Morgan fingerprint density at radius 3 is 2.60 bits per heavy atom. The second kappa shape index (κ2) is 6.88. The highest BCUT2D eigenvalue weighted by Crippen LogP contribution is 2.11. The van der Waals surface area contributed by atoms with Crippen LogP contribution < -0.4 is 4.72 Å². The molecule has 2 aromatic rings. The number of sulfonamides is 1. The van der Waals surface area contributed by atoms with E-state index < -0.39 is 10.0 Å². The zero-order valence-corrected chi connectivity index (χ0v) is 12.3. The minimum Gasteiger partial charge on any atom is -0.364 e. The zero-order chi connectivity index (χ0) is 14.4. The highest BCUT2D eigenvalue weighted by Gasteiger charge is 2.10. The summed E-state index contributed by atoms with van der Waals surface area (Å²) < 4.78 is 31.0. The van der Waals surface area contributed by atoms with Gasteiger partial charge in [-0.15, -0.1) is 0 Å². The van der Waals surface area contributed by atoms with Gasteiger partial charge in [0.2, 0.25) is 10.0 Å². The van der Waals surface area contributed by atoms with Crippen LogP contribution in [0.3, 0.4) is 0 Å². The van der Waals surface area contributed by atoms with Gasteiger partial charge in [-0.25, -0.2) is 13.1 Å². The van der Waals surface area contributed by atoms with Crippen LogP contribution in [0.5, 0.6) is 0 Å². The van der Waals surface area contributed by atoms with E-state index in [0.29, 0.717) is 23.6 Å². The van der Waals surface area contributed by atoms with Gasteiger partial charge in [0.25, 0.3) is 0 Å². The highest BCUT2D eigenvalue weighted by atomic mass is 35.5. The maximum absolute atomic E-state index is 11.9. The van der Waals surface area contributed by atoms with Crippen LogP contribution in [0.25, 0.3) is 0 Å². The fraction of sp³-hybridized carbons (Fsp3) is 0.308. The van der Waals surface area contributed by atoms with Crippen LogP contribution >= 0.6 is 11.6 Å². The Morgan fingerprint density at radius 2 is 1.95 bits per heavy atom. The monoisotopic (exact) mass is 314 g/mol. The van der Waals surface area contributed by atoms with Crippen molar-refractivity contribution in [3.63, 3.8) is 0 Å². The van der Waals surface area contributed by atoms with Gasteiger partial charge in [0.05, 0.1) is 11.9 Å². The lowest BCUT2D eigenvalue weighted by Gasteiger charge is -2.06. The van der Waals surface area contributed by atoms with Crippen molar-refractivity contribution in [1.29, 1.82) is 0 Å². The maximum Gasteiger partial charge on any atom is 0.215 e. The predicted octanol–water partition coefficient (Wildman–Crippen LogP) is 2.38. The molecule has 0 aliphatic carbocycles. The van der Waals surface area contributed by atoms with Crippen molar-refractivity contribution < 1.29 is 12.9 Å². The fourth-order valence-corrected chi connectivity index (χ4v) is 3.04. The first-order valence-corrected chi connectivity index (χ1v) is 8.18. The summed E-state index contributed by atoms with van der Waals surface area (Å²) in [5, 5.41) is 4.18. The van der Waals surface area contributed by atoms with Gasteiger partial charge in [-0.1, -0.05) is 28.9 Å². The summed E-state index contributed by atoms with van der Waals surface area (Å²) in [5.41, 5.74) is 1.67. The molecule has 20 heavy (non-hydrogen) atoms. The number of nitrogens with zero attached hydrogens (tertiary/aromatic N) is 1. The maximum atomic E-state index is 11.9. The number of halogens is 1. The first-order chi connectivity index (χ1) is 9.55. The van der Waals surface area contributed by atoms with Crippen LogP contribution in [0.2, 0.25) is 5.02 Å². The average Bonchev–Trinajstić information content (AvgIpc) is 2.90. The summed E-state index contributed by atoms with van der Waals surface area (Å²) in [4.78, 5) is 0. The van der Waals surface area contributed by atoms with Crippen LogP contribution in [0, 0.1) is 0 Å². The quantitative estimate of drug-likeness (QED) is 0.796. The van der Waals surface area contributed by atoms with Gasteiger partial charge in [-0.2, -0.15) is 0 Å². The molecule has 0 atom stereocenters. The van der Waals surface area contributed by atoms with Crippen molar-refractivity contribution in [2.75, 3.05) is 6.54 Å². The molecular formula is C13H15ClN2O3S. The lowest BCUT2D eigenvalue weighted by Crippen LogP contribution is -2.26. The second-order valence-electron chi connectivity index (χ2n) is 4.42. The topological polar surface area (TPSA) is 72.2 Å². The first kappa shape index (κ1) is 15.0. The molecule has 0 fully saturated rings. The van der Waals surface area contributed by atoms with E-state index in [0.717, 1.165) is 12.0 Å². The normalized spacial score (nSPS) is 11.7. The van der Waals surface area contributed by atoms with Gasteiger partial charge < -0.3 is 4.52 Å². The van der Waals surface area contributed by atoms with Gasteiger partial charge >= 0.3 is 0 Å². The van der Waals surface area contributed by atoms with Crippen molar-refractivity contribution in [3.05, 3.63) is 52.9 Å². The number of hydrogen-bond acceptors (Lipinski definition) is 4. The Morgan fingerprint density at radius 1 is 1.20 bits per heavy atom. The molecule has 1 N–H and O–H groups in total. The smallest absolute Gasteiger partial charge is 0.215 e. The van der Waals surface area contributed by atoms with E-state index in [-0.39, 0.29) is 5.75 Å². The Hall–Kier alpha value is -1.37. The van der Waals surface area contributed by atoms with Gasteiger partial charge in [0, 0.05) is 17.1 Å². The van der Waals surface area contributed by atoms with Gasteiger partial charge in [-0.05, 0) is 30.5 Å². The van der Waals surface area contributed by atoms with Gasteiger partial charge in [0.15, 0.2) is 0 Å². The summed E-state index contributed by atoms with van der Waals surface area (Å²) in [6, 6.07) is 6.77. The molecule has 0 unspecified atom stereocenters. The largest absolute Gasteiger partial charge is 0.364 e. The van der Waals surface area contributed by atoms with E-state index in [1.807, 2.05) is 0 Å². The Kier molecular flexibility index (Phi) is 5.17. The van der Waals surface area contributed by atoms with Crippen LogP contribution in [0.1, 0.15) is 17.5 Å². The molecule has 0 aliphatic rings. The van der Waals surface area contributed by atoms with E-state index in [1.54, 1.807) is 36.7 Å². The summed E-state index contributed by atoms with van der Waals surface area (Å²) in [6.07, 6.45) is 4.61. The molecular weight excluding hydrogens is 300 g/mol. The summed E-state index contributed by atoms with van der Waals surface area (Å²) in [7, 11) is -3.32. The molecule has 108 valence electrons. The zero-order valence-electron chi connectivity index (χ0n) is 10.8. The number of aromatic nitrogens is 1. The average molecular weight is 315 g/mol. The first-order valence-electron chi connectivity index (χ1n) is 6.15. The van der Waals surface area contributed by atoms with E-state index in [4.69, 9.17) is 16.1 Å². The third kappa shape index (κ3) is 4.96. The standard InChI is InChI=1S/C13H15ClN2O3S/c14-13-5-3-11(4-6-13)10-20(17,18)16-7-1-2-12-8-15-19-9-12/h3-6,8-9,16H,1-2,7,10H2. The molecule has 2 rings (SSSR count). The number of nitrogens with one attached hydrogen (secondary N) is 1. The van der Waals surface area contributed by atoms with Gasteiger partial charge in [-0.3, -0.25) is 0 Å². The van der Waals surface area contributed by atoms with Crippen molar-refractivity contribution in [1.82, 2.24) is 9.88 Å². The molecule has 0 spiro atoms. The molecule has 5 nitrogen and oxygen atoms in total. The molecule has 1 aromatic carbocycles. The third-order valence-electron chi connectivity index (χ3n) is 2.72. The van der Waals surface area contributed by atoms with Crippen molar-refractivity contribution in [2.45, 2.75) is 18.6 Å². The van der Waals surface area contributed by atoms with Crippen molar-refractivity contribution in [3.8, 4) is 0 Å². The number of rotatable bonds is 7. The van der Waals surface area contributed by atoms with Crippen LogP contribution in [-0.4, -0.2) is 20.1 Å². The minimum absolute atomic E-state index is 0.0442. The predicted molar refractivity (Wildman–Crippen MR) is 76.9 cm³/mol. The molecule has 0 bridgehead atoms. The molecule has 7 heteroatoms. The van der Waals surface area contributed by atoms with Crippen LogP contribution in [0.4, 0.5) is 0 Å². The van der Waals surface area contributed by atoms with Gasteiger partial charge in [0.1, 0.15) is 6.26 Å². The summed E-state index contributed by atoms with van der Waals surface area (Å²) in [5.74, 6) is -0.0442. The minimum atomic E-state index is -3.32. The molecule has 0 aliphatic heterocycles. The number of hydrogen-bond donors (Lipinski definition) is 1. The lowest BCUT2D eigenvalue weighted by molar-refractivity contribution is 0.418. The second-order valence-corrected chi connectivity index (χ2v) is 6.66. The van der Waals surface area contributed by atoms with Crippen molar-refractivity contribution in [2.24, 2.45) is 0 Å². The van der Waals surface area contributed by atoms with Crippen molar-refractivity contribution >= 4 is 21.6 Å². The molecule has 1 aromatic heterocycles. The molecule has 0 amide bonds. The SMILES string of the molecule is O=S(=O)(Cc1ccc(Cl)cc1)NCCCc1cnoc1. The third-order valence-corrected chi connectivity index (χ3v) is 4.33. The highest BCUT2D eigenvalue weighted by molar-refractivity contribution is 7.88. The summed E-state index contributed by atoms with van der Waals surface area (Å²) >= 11 is 5.76.